The highest BCUT2D eigenvalue weighted by atomic mass is 32.1. The predicted octanol–water partition coefficient (Wildman–Crippen LogP) is 1.52. The molecule has 0 aromatic carbocycles. The van der Waals surface area contributed by atoms with E-state index in [1.165, 1.54) is 11.1 Å². The normalized spacial score (nSPS) is 21.2. The lowest BCUT2D eigenvalue weighted by atomic mass is 10.2. The van der Waals surface area contributed by atoms with Crippen LogP contribution in [0.5, 0.6) is 0 Å². The zero-order valence-electron chi connectivity index (χ0n) is 9.79. The van der Waals surface area contributed by atoms with E-state index in [0.29, 0.717) is 6.10 Å². The first-order valence-corrected chi connectivity index (χ1v) is 6.85. The third kappa shape index (κ3) is 3.56. The molecule has 0 spiro atoms. The van der Waals surface area contributed by atoms with Crippen molar-refractivity contribution in [2.75, 3.05) is 26.2 Å². The molecule has 1 aromatic heterocycles. The van der Waals surface area contributed by atoms with E-state index in [0.717, 1.165) is 39.2 Å². The average molecular weight is 240 g/mol. The minimum Gasteiger partial charge on any atom is -0.376 e. The molecule has 3 nitrogen and oxygen atoms in total. The van der Waals surface area contributed by atoms with Crippen LogP contribution in [0.1, 0.15) is 17.5 Å². The van der Waals surface area contributed by atoms with E-state index in [-0.39, 0.29) is 0 Å². The van der Waals surface area contributed by atoms with Crippen molar-refractivity contribution in [1.29, 1.82) is 0 Å². The minimum absolute atomic E-state index is 0.393. The first-order chi connectivity index (χ1) is 7.86. The maximum Gasteiger partial charge on any atom is 0.0712 e. The van der Waals surface area contributed by atoms with Crippen LogP contribution in [0.2, 0.25) is 0 Å². The van der Waals surface area contributed by atoms with Crippen molar-refractivity contribution in [2.45, 2.75) is 26.0 Å². The van der Waals surface area contributed by atoms with Gasteiger partial charge in [0.2, 0.25) is 0 Å². The van der Waals surface area contributed by atoms with E-state index < -0.39 is 0 Å². The molecule has 16 heavy (non-hydrogen) atoms. The van der Waals surface area contributed by atoms with Crippen molar-refractivity contribution < 1.29 is 4.74 Å². The highest BCUT2D eigenvalue weighted by molar-refractivity contribution is 7.08. The second kappa shape index (κ2) is 6.35. The van der Waals surface area contributed by atoms with Crippen LogP contribution in [-0.2, 0) is 11.3 Å². The molecule has 2 N–H and O–H groups in total. The highest BCUT2D eigenvalue weighted by Gasteiger charge is 2.12. The van der Waals surface area contributed by atoms with Crippen LogP contribution in [-0.4, -0.2) is 32.3 Å². The average Bonchev–Trinajstić information content (AvgIpc) is 2.72. The molecule has 1 aromatic rings. The molecule has 90 valence electrons. The minimum atomic E-state index is 0.393. The van der Waals surface area contributed by atoms with Crippen molar-refractivity contribution in [3.8, 4) is 0 Å². The van der Waals surface area contributed by atoms with E-state index in [1.807, 2.05) is 0 Å². The van der Waals surface area contributed by atoms with Gasteiger partial charge in [-0.1, -0.05) is 0 Å². The van der Waals surface area contributed by atoms with Gasteiger partial charge < -0.3 is 15.4 Å². The molecule has 1 aliphatic heterocycles. The molecule has 2 rings (SSSR count). The number of thiophene rings is 1. The lowest BCUT2D eigenvalue weighted by Crippen LogP contribution is -2.39. The van der Waals surface area contributed by atoms with Gasteiger partial charge in [0.15, 0.2) is 0 Å². The van der Waals surface area contributed by atoms with Crippen molar-refractivity contribution in [1.82, 2.24) is 10.6 Å². The van der Waals surface area contributed by atoms with Gasteiger partial charge in [0.05, 0.1) is 12.7 Å². The molecule has 0 amide bonds. The molecule has 1 fully saturated rings. The molecule has 0 bridgehead atoms. The van der Waals surface area contributed by atoms with Crippen molar-refractivity contribution in [3.05, 3.63) is 21.9 Å². The third-order valence-corrected chi connectivity index (χ3v) is 3.83. The van der Waals surface area contributed by atoms with Crippen LogP contribution in [0.25, 0.3) is 0 Å². The van der Waals surface area contributed by atoms with Gasteiger partial charge in [-0.3, -0.25) is 0 Å². The van der Waals surface area contributed by atoms with Crippen LogP contribution >= 0.6 is 11.3 Å². The Bertz CT molecular complexity index is 308. The summed E-state index contributed by atoms with van der Waals surface area (Å²) in [4.78, 5) is 0. The summed E-state index contributed by atoms with van der Waals surface area (Å²) in [7, 11) is 0. The van der Waals surface area contributed by atoms with E-state index in [2.05, 4.69) is 28.3 Å². The van der Waals surface area contributed by atoms with E-state index >= 15 is 0 Å². The van der Waals surface area contributed by atoms with Crippen LogP contribution in [0, 0.1) is 6.92 Å². The number of hydrogen-bond donors (Lipinski definition) is 2. The Morgan fingerprint density at radius 1 is 1.56 bits per heavy atom. The first-order valence-electron chi connectivity index (χ1n) is 5.91. The van der Waals surface area contributed by atoms with Gasteiger partial charge in [0.1, 0.15) is 0 Å². The Kier molecular flexibility index (Phi) is 4.78. The van der Waals surface area contributed by atoms with Crippen molar-refractivity contribution >= 4 is 11.3 Å². The molecule has 1 unspecified atom stereocenters. The quantitative estimate of drug-likeness (QED) is 0.766. The number of hydrogen-bond acceptors (Lipinski definition) is 4. The van der Waals surface area contributed by atoms with Crippen LogP contribution in [0.4, 0.5) is 0 Å². The Morgan fingerprint density at radius 2 is 2.50 bits per heavy atom. The van der Waals surface area contributed by atoms with Crippen molar-refractivity contribution in [2.24, 2.45) is 0 Å². The fourth-order valence-corrected chi connectivity index (χ4v) is 2.72. The predicted molar refractivity (Wildman–Crippen MR) is 68.0 cm³/mol. The first kappa shape index (κ1) is 12.0. The summed E-state index contributed by atoms with van der Waals surface area (Å²) in [5, 5.41) is 11.2. The summed E-state index contributed by atoms with van der Waals surface area (Å²) in [5.41, 5.74) is 2.82. The number of aryl methyl sites for hydroxylation is 1. The molecule has 1 aliphatic rings. The zero-order valence-corrected chi connectivity index (χ0v) is 10.6. The lowest BCUT2D eigenvalue weighted by Gasteiger charge is -2.23. The standard InChI is InChI=1S/C12H20N2OS/c1-10-8-16-9-11(10)6-13-3-2-12-7-14-4-5-15-12/h8-9,12-14H,2-7H2,1H3. The summed E-state index contributed by atoms with van der Waals surface area (Å²) in [5.74, 6) is 0. The number of rotatable bonds is 5. The fraction of sp³-hybridized carbons (Fsp3) is 0.667. The molecule has 4 heteroatoms. The molecule has 1 saturated heterocycles. The molecule has 0 radical (unpaired) electrons. The van der Waals surface area contributed by atoms with Gasteiger partial charge in [0, 0.05) is 19.6 Å². The topological polar surface area (TPSA) is 33.3 Å². The van der Waals surface area contributed by atoms with Gasteiger partial charge in [0.25, 0.3) is 0 Å². The highest BCUT2D eigenvalue weighted by Crippen LogP contribution is 2.13. The largest absolute Gasteiger partial charge is 0.376 e. The van der Waals surface area contributed by atoms with Gasteiger partial charge >= 0.3 is 0 Å². The summed E-state index contributed by atoms with van der Waals surface area (Å²) >= 11 is 1.78. The van der Waals surface area contributed by atoms with Gasteiger partial charge in [-0.25, -0.2) is 0 Å². The molecular weight excluding hydrogens is 220 g/mol. The number of nitrogens with one attached hydrogen (secondary N) is 2. The smallest absolute Gasteiger partial charge is 0.0712 e. The zero-order chi connectivity index (χ0) is 11.2. The van der Waals surface area contributed by atoms with E-state index in [9.17, 15) is 0 Å². The number of morpholine rings is 1. The lowest BCUT2D eigenvalue weighted by molar-refractivity contribution is 0.0238. The van der Waals surface area contributed by atoms with Gasteiger partial charge in [-0.05, 0) is 41.8 Å². The molecule has 0 aliphatic carbocycles. The maximum atomic E-state index is 5.64. The summed E-state index contributed by atoms with van der Waals surface area (Å²) in [6.45, 7) is 7.03. The van der Waals surface area contributed by atoms with Gasteiger partial charge in [-0.2, -0.15) is 11.3 Å². The van der Waals surface area contributed by atoms with Crippen LogP contribution in [0.15, 0.2) is 10.8 Å². The van der Waals surface area contributed by atoms with Gasteiger partial charge in [-0.15, -0.1) is 0 Å². The summed E-state index contributed by atoms with van der Waals surface area (Å²) in [6.07, 6.45) is 1.49. The van der Waals surface area contributed by atoms with E-state index in [4.69, 9.17) is 4.74 Å². The molecule has 0 saturated carbocycles. The van der Waals surface area contributed by atoms with Crippen LogP contribution < -0.4 is 10.6 Å². The Balaban J connectivity index is 1.59. The maximum absolute atomic E-state index is 5.64. The summed E-state index contributed by atoms with van der Waals surface area (Å²) < 4.78 is 5.64. The molecule has 1 atom stereocenters. The Labute approximate surface area is 101 Å². The van der Waals surface area contributed by atoms with Crippen molar-refractivity contribution in [3.63, 3.8) is 0 Å². The van der Waals surface area contributed by atoms with Crippen LogP contribution in [0.3, 0.4) is 0 Å². The van der Waals surface area contributed by atoms with E-state index in [1.54, 1.807) is 11.3 Å². The third-order valence-electron chi connectivity index (χ3n) is 2.92. The fourth-order valence-electron chi connectivity index (χ4n) is 1.86. The monoisotopic (exact) mass is 240 g/mol. The SMILES string of the molecule is Cc1cscc1CNCCC1CNCCO1. The summed E-state index contributed by atoms with van der Waals surface area (Å²) in [6, 6.07) is 0. The molecule has 2 heterocycles. The molecular formula is C12H20N2OS. The second-order valence-electron chi connectivity index (χ2n) is 4.24. The Morgan fingerprint density at radius 3 is 3.19 bits per heavy atom. The second-order valence-corrected chi connectivity index (χ2v) is 4.99. The number of ether oxygens (including phenoxy) is 1. The Hall–Kier alpha value is -0.420.